The molecule has 0 atom stereocenters. The molecular formula is C14H23N3O. The second-order valence-corrected chi connectivity index (χ2v) is 4.99. The van der Waals surface area contributed by atoms with E-state index >= 15 is 0 Å². The number of aryl methyl sites for hydroxylation is 1. The lowest BCUT2D eigenvalue weighted by atomic mass is 10.1. The first-order valence-electron chi connectivity index (χ1n) is 6.22. The first-order valence-corrected chi connectivity index (χ1v) is 6.22. The van der Waals surface area contributed by atoms with E-state index in [2.05, 4.69) is 32.2 Å². The Labute approximate surface area is 109 Å². The van der Waals surface area contributed by atoms with Crippen LogP contribution in [0.2, 0.25) is 0 Å². The summed E-state index contributed by atoms with van der Waals surface area (Å²) < 4.78 is 0. The predicted molar refractivity (Wildman–Crippen MR) is 75.6 cm³/mol. The number of nitrogens with zero attached hydrogens (tertiary/aromatic N) is 1. The first-order chi connectivity index (χ1) is 8.40. The maximum Gasteiger partial charge on any atom is 0.236 e. The lowest BCUT2D eigenvalue weighted by molar-refractivity contribution is -0.116. The molecule has 0 aromatic heterocycles. The van der Waals surface area contributed by atoms with Crippen LogP contribution in [0.15, 0.2) is 18.2 Å². The molecular weight excluding hydrogens is 226 g/mol. The Bertz CT molecular complexity index is 416. The number of amides is 1. The van der Waals surface area contributed by atoms with Gasteiger partial charge in [-0.2, -0.15) is 0 Å². The van der Waals surface area contributed by atoms with Crippen molar-refractivity contribution in [3.63, 3.8) is 0 Å². The molecule has 0 unspecified atom stereocenters. The maximum atomic E-state index is 11.0. The molecule has 0 bridgehead atoms. The van der Waals surface area contributed by atoms with Crippen LogP contribution in [-0.2, 0) is 11.3 Å². The standard InChI is InChI=1S/C14H23N3O/c1-10(2)16-8-12-7-11(3)5-6-13(12)17(4)9-14(15)18/h5-7,10,16H,8-9H2,1-4H3,(H2,15,18). The molecule has 3 N–H and O–H groups in total. The van der Waals surface area contributed by atoms with E-state index in [1.807, 2.05) is 24.1 Å². The quantitative estimate of drug-likeness (QED) is 0.801. The van der Waals surface area contributed by atoms with Crippen LogP contribution >= 0.6 is 0 Å². The number of carbonyl (C=O) groups excluding carboxylic acids is 1. The van der Waals surface area contributed by atoms with E-state index in [0.717, 1.165) is 12.2 Å². The molecule has 100 valence electrons. The molecule has 18 heavy (non-hydrogen) atoms. The van der Waals surface area contributed by atoms with Crippen molar-refractivity contribution in [1.82, 2.24) is 5.32 Å². The number of rotatable bonds is 6. The van der Waals surface area contributed by atoms with Crippen LogP contribution in [0, 0.1) is 6.92 Å². The number of primary amides is 1. The third kappa shape index (κ3) is 4.37. The van der Waals surface area contributed by atoms with Crippen molar-refractivity contribution in [2.24, 2.45) is 5.73 Å². The van der Waals surface area contributed by atoms with Gasteiger partial charge in [-0.3, -0.25) is 4.79 Å². The number of benzene rings is 1. The average Bonchev–Trinajstić information content (AvgIpc) is 2.25. The monoisotopic (exact) mass is 249 g/mol. The fourth-order valence-electron chi connectivity index (χ4n) is 1.86. The van der Waals surface area contributed by atoms with Gasteiger partial charge in [0.05, 0.1) is 6.54 Å². The highest BCUT2D eigenvalue weighted by molar-refractivity contribution is 5.79. The molecule has 0 saturated heterocycles. The Morgan fingerprint density at radius 3 is 2.67 bits per heavy atom. The molecule has 0 radical (unpaired) electrons. The van der Waals surface area contributed by atoms with Crippen molar-refractivity contribution < 1.29 is 4.79 Å². The molecule has 0 heterocycles. The third-order valence-corrected chi connectivity index (χ3v) is 2.74. The molecule has 0 aliphatic carbocycles. The molecule has 1 amide bonds. The Balaban J connectivity index is 2.91. The number of hydrogen-bond acceptors (Lipinski definition) is 3. The summed E-state index contributed by atoms with van der Waals surface area (Å²) in [5.41, 5.74) is 8.69. The van der Waals surface area contributed by atoms with Crippen molar-refractivity contribution in [2.45, 2.75) is 33.4 Å². The number of nitrogens with two attached hydrogens (primary N) is 1. The van der Waals surface area contributed by atoms with Crippen LogP contribution in [0.3, 0.4) is 0 Å². The summed E-state index contributed by atoms with van der Waals surface area (Å²) in [4.78, 5) is 12.9. The Morgan fingerprint density at radius 2 is 2.11 bits per heavy atom. The summed E-state index contributed by atoms with van der Waals surface area (Å²) in [6, 6.07) is 6.66. The largest absolute Gasteiger partial charge is 0.368 e. The average molecular weight is 249 g/mol. The fourth-order valence-corrected chi connectivity index (χ4v) is 1.86. The van der Waals surface area contributed by atoms with Gasteiger partial charge in [0.15, 0.2) is 0 Å². The van der Waals surface area contributed by atoms with Gasteiger partial charge >= 0.3 is 0 Å². The van der Waals surface area contributed by atoms with Gasteiger partial charge in [-0.05, 0) is 18.6 Å². The Hall–Kier alpha value is -1.55. The van der Waals surface area contributed by atoms with Gasteiger partial charge in [0, 0.05) is 25.3 Å². The lowest BCUT2D eigenvalue weighted by Gasteiger charge is -2.22. The second kappa shape index (κ2) is 6.40. The van der Waals surface area contributed by atoms with Crippen LogP contribution in [0.5, 0.6) is 0 Å². The molecule has 1 aromatic rings. The fraction of sp³-hybridized carbons (Fsp3) is 0.500. The zero-order valence-corrected chi connectivity index (χ0v) is 11.7. The summed E-state index contributed by atoms with van der Waals surface area (Å²) in [7, 11) is 1.88. The minimum Gasteiger partial charge on any atom is -0.368 e. The summed E-state index contributed by atoms with van der Waals surface area (Å²) in [6.45, 7) is 7.32. The van der Waals surface area contributed by atoms with Gasteiger partial charge in [-0.15, -0.1) is 0 Å². The minimum atomic E-state index is -0.319. The minimum absolute atomic E-state index is 0.234. The van der Waals surface area contributed by atoms with Crippen molar-refractivity contribution in [1.29, 1.82) is 0 Å². The molecule has 0 saturated carbocycles. The normalized spacial score (nSPS) is 10.7. The van der Waals surface area contributed by atoms with Gasteiger partial charge < -0.3 is 16.0 Å². The number of likely N-dealkylation sites (N-methyl/N-ethyl adjacent to an activating group) is 1. The lowest BCUT2D eigenvalue weighted by Crippen LogP contribution is -2.32. The highest BCUT2D eigenvalue weighted by atomic mass is 16.1. The van der Waals surface area contributed by atoms with Gasteiger partial charge in [0.2, 0.25) is 5.91 Å². The summed E-state index contributed by atoms with van der Waals surface area (Å²) in [6.07, 6.45) is 0. The highest BCUT2D eigenvalue weighted by Crippen LogP contribution is 2.20. The molecule has 1 aromatic carbocycles. The van der Waals surface area contributed by atoms with E-state index in [9.17, 15) is 4.79 Å². The first kappa shape index (κ1) is 14.5. The van der Waals surface area contributed by atoms with Crippen molar-refractivity contribution in [3.05, 3.63) is 29.3 Å². The van der Waals surface area contributed by atoms with Crippen molar-refractivity contribution in [2.75, 3.05) is 18.5 Å². The van der Waals surface area contributed by atoms with E-state index in [0.29, 0.717) is 6.04 Å². The van der Waals surface area contributed by atoms with E-state index in [-0.39, 0.29) is 12.5 Å². The van der Waals surface area contributed by atoms with Gasteiger partial charge in [0.1, 0.15) is 0 Å². The molecule has 0 aliphatic rings. The van der Waals surface area contributed by atoms with Gasteiger partial charge in [-0.25, -0.2) is 0 Å². The van der Waals surface area contributed by atoms with Crippen molar-refractivity contribution >= 4 is 11.6 Å². The highest BCUT2D eigenvalue weighted by Gasteiger charge is 2.10. The second-order valence-electron chi connectivity index (χ2n) is 4.99. The zero-order valence-electron chi connectivity index (χ0n) is 11.7. The molecule has 4 heteroatoms. The van der Waals surface area contributed by atoms with Gasteiger partial charge in [0.25, 0.3) is 0 Å². The van der Waals surface area contributed by atoms with Crippen LogP contribution in [-0.4, -0.2) is 25.5 Å². The summed E-state index contributed by atoms with van der Waals surface area (Å²) in [5.74, 6) is -0.319. The van der Waals surface area contributed by atoms with E-state index < -0.39 is 0 Å². The summed E-state index contributed by atoms with van der Waals surface area (Å²) in [5, 5.41) is 3.39. The SMILES string of the molecule is Cc1ccc(N(C)CC(N)=O)c(CNC(C)C)c1. The van der Waals surface area contributed by atoms with E-state index in [1.165, 1.54) is 11.1 Å². The Kier molecular flexibility index (Phi) is 5.16. The molecule has 0 aliphatic heterocycles. The topological polar surface area (TPSA) is 58.4 Å². The third-order valence-electron chi connectivity index (χ3n) is 2.74. The molecule has 1 rings (SSSR count). The number of carbonyl (C=O) groups is 1. The van der Waals surface area contributed by atoms with Crippen LogP contribution in [0.4, 0.5) is 5.69 Å². The van der Waals surface area contributed by atoms with E-state index in [1.54, 1.807) is 0 Å². The van der Waals surface area contributed by atoms with E-state index in [4.69, 9.17) is 5.73 Å². The van der Waals surface area contributed by atoms with Crippen LogP contribution in [0.1, 0.15) is 25.0 Å². The summed E-state index contributed by atoms with van der Waals surface area (Å²) >= 11 is 0. The van der Waals surface area contributed by atoms with Gasteiger partial charge in [-0.1, -0.05) is 31.5 Å². The molecule has 0 spiro atoms. The van der Waals surface area contributed by atoms with Crippen molar-refractivity contribution in [3.8, 4) is 0 Å². The molecule has 0 fully saturated rings. The maximum absolute atomic E-state index is 11.0. The molecule has 4 nitrogen and oxygen atoms in total. The number of anilines is 1. The van der Waals surface area contributed by atoms with Crippen LogP contribution in [0.25, 0.3) is 0 Å². The smallest absolute Gasteiger partial charge is 0.236 e. The Morgan fingerprint density at radius 1 is 1.44 bits per heavy atom. The number of hydrogen-bond donors (Lipinski definition) is 2. The predicted octanol–water partition coefficient (Wildman–Crippen LogP) is 1.41. The van der Waals surface area contributed by atoms with Crippen LogP contribution < -0.4 is 16.0 Å². The number of nitrogens with one attached hydrogen (secondary N) is 1. The zero-order chi connectivity index (χ0) is 13.7.